The molecule has 0 saturated carbocycles. The number of carboxylic acid groups (broad SMARTS) is 1. The molecule has 118 valence electrons. The van der Waals surface area contributed by atoms with E-state index in [-0.39, 0.29) is 18.1 Å². The van der Waals surface area contributed by atoms with Crippen LogP contribution in [-0.4, -0.2) is 48.5 Å². The van der Waals surface area contributed by atoms with Crippen LogP contribution in [0.1, 0.15) is 28.7 Å². The van der Waals surface area contributed by atoms with E-state index in [1.165, 1.54) is 21.8 Å². The number of rotatable bonds is 6. The Morgan fingerprint density at radius 2 is 2.05 bits per heavy atom. The highest BCUT2D eigenvalue weighted by molar-refractivity contribution is 5.86. The summed E-state index contributed by atoms with van der Waals surface area (Å²) in [5.41, 5.74) is 1.99. The fourth-order valence-corrected chi connectivity index (χ4v) is 2.19. The largest absolute Gasteiger partial charge is 0.477 e. The quantitative estimate of drug-likeness (QED) is 0.850. The Labute approximate surface area is 127 Å². The Hall–Kier alpha value is -2.64. The van der Waals surface area contributed by atoms with E-state index in [9.17, 15) is 9.59 Å². The number of amides is 1. The van der Waals surface area contributed by atoms with Gasteiger partial charge in [0.05, 0.1) is 6.20 Å². The first-order valence-corrected chi connectivity index (χ1v) is 6.94. The van der Waals surface area contributed by atoms with Gasteiger partial charge < -0.3 is 10.0 Å². The third-order valence-corrected chi connectivity index (χ3v) is 3.56. The van der Waals surface area contributed by atoms with Crippen molar-refractivity contribution in [1.82, 2.24) is 24.5 Å². The number of hydrogen-bond acceptors (Lipinski definition) is 4. The van der Waals surface area contributed by atoms with Gasteiger partial charge in [-0.2, -0.15) is 10.2 Å². The maximum Gasteiger partial charge on any atom is 0.354 e. The van der Waals surface area contributed by atoms with Crippen molar-refractivity contribution < 1.29 is 14.7 Å². The zero-order valence-electron chi connectivity index (χ0n) is 12.9. The third-order valence-electron chi connectivity index (χ3n) is 3.56. The maximum absolute atomic E-state index is 12.2. The van der Waals surface area contributed by atoms with Crippen LogP contribution in [0, 0.1) is 6.92 Å². The van der Waals surface area contributed by atoms with Crippen molar-refractivity contribution in [2.24, 2.45) is 0 Å². The number of hydrogen-bond donors (Lipinski definition) is 1. The van der Waals surface area contributed by atoms with Gasteiger partial charge in [-0.1, -0.05) is 0 Å². The van der Waals surface area contributed by atoms with Crippen molar-refractivity contribution in [2.75, 3.05) is 7.05 Å². The fourth-order valence-electron chi connectivity index (χ4n) is 2.19. The molecule has 8 nitrogen and oxygen atoms in total. The van der Waals surface area contributed by atoms with Gasteiger partial charge in [0, 0.05) is 37.6 Å². The molecule has 0 saturated heterocycles. The number of aryl methyl sites for hydroxylation is 1. The van der Waals surface area contributed by atoms with E-state index in [0.717, 1.165) is 17.8 Å². The normalized spacial score (nSPS) is 10.7. The van der Waals surface area contributed by atoms with Crippen molar-refractivity contribution >= 4 is 11.9 Å². The molecule has 22 heavy (non-hydrogen) atoms. The lowest BCUT2D eigenvalue weighted by atomic mass is 10.2. The molecule has 2 aromatic heterocycles. The Kier molecular flexibility index (Phi) is 4.59. The van der Waals surface area contributed by atoms with Crippen molar-refractivity contribution in [3.63, 3.8) is 0 Å². The Balaban J connectivity index is 2.04. The molecule has 0 aliphatic heterocycles. The van der Waals surface area contributed by atoms with Crippen LogP contribution in [0.4, 0.5) is 0 Å². The van der Waals surface area contributed by atoms with Crippen LogP contribution in [0.3, 0.4) is 0 Å². The molecule has 2 aromatic rings. The van der Waals surface area contributed by atoms with Crippen LogP contribution in [0.15, 0.2) is 18.5 Å². The second-order valence-corrected chi connectivity index (χ2v) is 5.00. The Bertz CT molecular complexity index is 688. The molecule has 2 heterocycles. The second kappa shape index (κ2) is 6.42. The summed E-state index contributed by atoms with van der Waals surface area (Å²) in [6.07, 6.45) is 3.12. The first kappa shape index (κ1) is 15.7. The maximum atomic E-state index is 12.2. The lowest BCUT2D eigenvalue weighted by Gasteiger charge is -2.17. The summed E-state index contributed by atoms with van der Waals surface area (Å²) >= 11 is 0. The summed E-state index contributed by atoms with van der Waals surface area (Å²) in [4.78, 5) is 24.8. The molecule has 2 rings (SSSR count). The van der Waals surface area contributed by atoms with Gasteiger partial charge in [0.15, 0.2) is 0 Å². The number of aromatic carboxylic acids is 1. The van der Waals surface area contributed by atoms with Crippen molar-refractivity contribution in [1.29, 1.82) is 0 Å². The smallest absolute Gasteiger partial charge is 0.354 e. The van der Waals surface area contributed by atoms with E-state index in [1.54, 1.807) is 13.2 Å². The molecule has 1 N–H and O–H groups in total. The average molecular weight is 305 g/mol. The minimum atomic E-state index is -1.10. The van der Waals surface area contributed by atoms with Gasteiger partial charge in [0.2, 0.25) is 5.91 Å². The van der Waals surface area contributed by atoms with E-state index in [1.807, 2.05) is 18.5 Å². The highest BCUT2D eigenvalue weighted by atomic mass is 16.4. The summed E-state index contributed by atoms with van der Waals surface area (Å²) in [7, 11) is 1.68. The summed E-state index contributed by atoms with van der Waals surface area (Å²) in [5, 5.41) is 17.1. The predicted octanol–water partition coefficient (Wildman–Crippen LogP) is 0.765. The molecule has 8 heteroatoms. The first-order chi connectivity index (χ1) is 10.4. The fraction of sp³-hybridized carbons (Fsp3) is 0.429. The van der Waals surface area contributed by atoms with Crippen LogP contribution in [-0.2, 0) is 24.4 Å². The number of carbonyl (C=O) groups is 2. The van der Waals surface area contributed by atoms with E-state index in [4.69, 9.17) is 5.11 Å². The predicted molar refractivity (Wildman–Crippen MR) is 78.3 cm³/mol. The first-order valence-electron chi connectivity index (χ1n) is 6.94. The number of aromatic nitrogens is 4. The van der Waals surface area contributed by atoms with Crippen LogP contribution < -0.4 is 0 Å². The molecule has 0 aliphatic carbocycles. The van der Waals surface area contributed by atoms with Crippen LogP contribution in [0.2, 0.25) is 0 Å². The molecule has 1 amide bonds. The molecule has 0 radical (unpaired) electrons. The number of carboxylic acids is 1. The minimum absolute atomic E-state index is 0.00302. The van der Waals surface area contributed by atoms with Gasteiger partial charge >= 0.3 is 5.97 Å². The van der Waals surface area contributed by atoms with Crippen LogP contribution in [0.25, 0.3) is 0 Å². The third kappa shape index (κ3) is 3.16. The lowest BCUT2D eigenvalue weighted by molar-refractivity contribution is -0.131. The second-order valence-electron chi connectivity index (χ2n) is 5.00. The van der Waals surface area contributed by atoms with Crippen LogP contribution >= 0.6 is 0 Å². The zero-order chi connectivity index (χ0) is 16.3. The Morgan fingerprint density at radius 1 is 1.32 bits per heavy atom. The van der Waals surface area contributed by atoms with Gasteiger partial charge in [0.1, 0.15) is 12.2 Å². The van der Waals surface area contributed by atoms with Crippen molar-refractivity contribution in [2.45, 2.75) is 33.5 Å². The SMILES string of the molecule is CCn1ncc(CN(C)C(=O)Cn2nccc2C(=O)O)c1C. The van der Waals surface area contributed by atoms with Gasteiger partial charge in [0.25, 0.3) is 0 Å². The summed E-state index contributed by atoms with van der Waals surface area (Å²) < 4.78 is 3.05. The van der Waals surface area contributed by atoms with E-state index >= 15 is 0 Å². The van der Waals surface area contributed by atoms with Gasteiger partial charge in [-0.15, -0.1) is 0 Å². The molecular formula is C14H19N5O3. The molecule has 0 bridgehead atoms. The summed E-state index contributed by atoms with van der Waals surface area (Å²) in [5.74, 6) is -1.32. The van der Waals surface area contributed by atoms with E-state index in [2.05, 4.69) is 10.2 Å². The molecule has 0 spiro atoms. The van der Waals surface area contributed by atoms with E-state index < -0.39 is 5.97 Å². The van der Waals surface area contributed by atoms with E-state index in [0.29, 0.717) is 6.54 Å². The number of likely N-dealkylation sites (N-methyl/N-ethyl adjacent to an activating group) is 1. The topological polar surface area (TPSA) is 93.3 Å². The van der Waals surface area contributed by atoms with Crippen molar-refractivity contribution in [3.8, 4) is 0 Å². The van der Waals surface area contributed by atoms with Crippen molar-refractivity contribution in [3.05, 3.63) is 35.4 Å². The summed E-state index contributed by atoms with van der Waals surface area (Å²) in [6.45, 7) is 5.06. The van der Waals surface area contributed by atoms with Gasteiger partial charge in [-0.25, -0.2) is 9.48 Å². The number of carbonyl (C=O) groups excluding carboxylic acids is 1. The molecule has 0 unspecified atom stereocenters. The molecule has 0 atom stereocenters. The zero-order valence-corrected chi connectivity index (χ0v) is 12.9. The molecule has 0 fully saturated rings. The highest BCUT2D eigenvalue weighted by Crippen LogP contribution is 2.10. The van der Waals surface area contributed by atoms with Gasteiger partial charge in [-0.05, 0) is 19.9 Å². The number of nitrogens with zero attached hydrogens (tertiary/aromatic N) is 5. The highest BCUT2D eigenvalue weighted by Gasteiger charge is 2.17. The van der Waals surface area contributed by atoms with Crippen LogP contribution in [0.5, 0.6) is 0 Å². The molecule has 0 aromatic carbocycles. The monoisotopic (exact) mass is 305 g/mol. The Morgan fingerprint density at radius 3 is 2.64 bits per heavy atom. The standard InChI is InChI=1S/C14H19N5O3/c1-4-18-10(2)11(7-16-18)8-17(3)13(20)9-19-12(14(21)22)5-6-15-19/h5-7H,4,8-9H2,1-3H3,(H,21,22). The van der Waals surface area contributed by atoms with Gasteiger partial charge in [-0.3, -0.25) is 9.48 Å². The minimum Gasteiger partial charge on any atom is -0.477 e. The average Bonchev–Trinajstić information content (AvgIpc) is 3.06. The molecule has 0 aliphatic rings. The summed E-state index contributed by atoms with van der Waals surface area (Å²) in [6, 6.07) is 1.37. The lowest BCUT2D eigenvalue weighted by Crippen LogP contribution is -2.31. The molecular weight excluding hydrogens is 286 g/mol.